The van der Waals surface area contributed by atoms with Crippen molar-refractivity contribution in [3.8, 4) is 0 Å². The van der Waals surface area contributed by atoms with E-state index in [0.717, 1.165) is 12.0 Å². The van der Waals surface area contributed by atoms with Gasteiger partial charge in [-0.25, -0.2) is 0 Å². The summed E-state index contributed by atoms with van der Waals surface area (Å²) in [5.74, 6) is -1.46. The molecule has 6 nitrogen and oxygen atoms in total. The summed E-state index contributed by atoms with van der Waals surface area (Å²) in [6, 6.07) is 0. The van der Waals surface area contributed by atoms with E-state index in [0.29, 0.717) is 12.8 Å². The van der Waals surface area contributed by atoms with Crippen molar-refractivity contribution < 1.29 is 26.9 Å². The number of hydrogen-bond donors (Lipinski definition) is 0. The quantitative estimate of drug-likeness (QED) is 0.195. The van der Waals surface area contributed by atoms with E-state index in [1.165, 1.54) is 13.8 Å². The maximum absolute atomic E-state index is 12.2. The summed E-state index contributed by atoms with van der Waals surface area (Å²) in [4.78, 5) is 24.1. The molecule has 1 atom stereocenters. The van der Waals surface area contributed by atoms with Crippen molar-refractivity contribution in [2.45, 2.75) is 66.4 Å². The average molecular weight is 362 g/mol. The predicted octanol–water partition coefficient (Wildman–Crippen LogP) is 3.02. The van der Waals surface area contributed by atoms with Gasteiger partial charge in [0.05, 0.1) is 12.4 Å². The second-order valence-electron chi connectivity index (χ2n) is 7.33. The molecule has 0 aromatic heterocycles. The fourth-order valence-electron chi connectivity index (χ4n) is 1.67. The molecule has 0 aromatic carbocycles. The average Bonchev–Trinajstić information content (AvgIpc) is 2.38. The van der Waals surface area contributed by atoms with Gasteiger partial charge in [0.1, 0.15) is 16.8 Å². The maximum Gasteiger partial charge on any atom is 0.322 e. The molecule has 0 saturated carbocycles. The van der Waals surface area contributed by atoms with Gasteiger partial charge in [-0.15, -0.1) is 6.58 Å². The van der Waals surface area contributed by atoms with Crippen LogP contribution in [0, 0.1) is 5.41 Å². The minimum Gasteiger partial charge on any atom is -0.459 e. The fourth-order valence-corrected chi connectivity index (χ4v) is 2.76. The molecule has 0 fully saturated rings. The molecule has 140 valence electrons. The van der Waals surface area contributed by atoms with Crippen LogP contribution < -0.4 is 0 Å². The molecule has 0 heterocycles. The van der Waals surface area contributed by atoms with Crippen LogP contribution in [0.1, 0.15) is 60.8 Å². The number of unbranched alkanes of at least 4 members (excludes halogenated alkanes) is 1. The fraction of sp³-hybridized carbons (Fsp3) is 0.765. The number of ketones is 1. The SMILES string of the molecule is C=C(C)CCCCS(=O)(=O)OCC(C)(C(C)=O)C(=O)OC(C)(C)C. The van der Waals surface area contributed by atoms with Crippen LogP contribution in [-0.2, 0) is 28.6 Å². The Hall–Kier alpha value is -1.21. The van der Waals surface area contributed by atoms with E-state index in [2.05, 4.69) is 6.58 Å². The minimum absolute atomic E-state index is 0.164. The van der Waals surface area contributed by atoms with Gasteiger partial charge in [0, 0.05) is 0 Å². The van der Waals surface area contributed by atoms with Crippen molar-refractivity contribution in [1.82, 2.24) is 0 Å². The van der Waals surface area contributed by atoms with Crippen LogP contribution in [0.5, 0.6) is 0 Å². The van der Waals surface area contributed by atoms with Crippen LogP contribution in [0.2, 0.25) is 0 Å². The molecule has 1 unspecified atom stereocenters. The van der Waals surface area contributed by atoms with Gasteiger partial charge < -0.3 is 4.74 Å². The van der Waals surface area contributed by atoms with Crippen LogP contribution in [-0.4, -0.2) is 38.1 Å². The first-order chi connectivity index (χ1) is 10.7. The van der Waals surface area contributed by atoms with Crippen LogP contribution >= 0.6 is 0 Å². The van der Waals surface area contributed by atoms with Crippen molar-refractivity contribution in [1.29, 1.82) is 0 Å². The van der Waals surface area contributed by atoms with Gasteiger partial charge in [-0.3, -0.25) is 13.8 Å². The molecular weight excluding hydrogens is 332 g/mol. The van der Waals surface area contributed by atoms with Crippen molar-refractivity contribution >= 4 is 21.9 Å². The van der Waals surface area contributed by atoms with E-state index >= 15 is 0 Å². The van der Waals surface area contributed by atoms with E-state index in [9.17, 15) is 18.0 Å². The van der Waals surface area contributed by atoms with E-state index in [1.54, 1.807) is 20.8 Å². The Morgan fingerprint density at radius 2 is 1.58 bits per heavy atom. The number of Topliss-reactive ketones (excluding diaryl/α,β-unsaturated/α-hetero) is 1. The lowest BCUT2D eigenvalue weighted by Crippen LogP contribution is -2.44. The maximum atomic E-state index is 12.2. The molecule has 0 radical (unpaired) electrons. The van der Waals surface area contributed by atoms with Crippen molar-refractivity contribution in [3.63, 3.8) is 0 Å². The highest BCUT2D eigenvalue weighted by Gasteiger charge is 2.43. The topological polar surface area (TPSA) is 86.7 Å². The zero-order valence-corrected chi connectivity index (χ0v) is 16.4. The lowest BCUT2D eigenvalue weighted by molar-refractivity contribution is -0.170. The van der Waals surface area contributed by atoms with E-state index in [-0.39, 0.29) is 5.75 Å². The zero-order chi connectivity index (χ0) is 19.2. The van der Waals surface area contributed by atoms with Gasteiger partial charge in [0.2, 0.25) is 0 Å². The summed E-state index contributed by atoms with van der Waals surface area (Å²) in [6.07, 6.45) is 1.87. The number of ether oxygens (including phenoxy) is 1. The summed E-state index contributed by atoms with van der Waals surface area (Å²) in [5, 5.41) is 0. The lowest BCUT2D eigenvalue weighted by Gasteiger charge is -2.29. The largest absolute Gasteiger partial charge is 0.459 e. The Kier molecular flexibility index (Phi) is 8.32. The molecule has 0 bridgehead atoms. The number of esters is 1. The molecule has 0 amide bonds. The summed E-state index contributed by atoms with van der Waals surface area (Å²) in [5.41, 5.74) is -1.45. The van der Waals surface area contributed by atoms with Gasteiger partial charge >= 0.3 is 5.97 Å². The first-order valence-electron chi connectivity index (χ1n) is 7.95. The number of carbonyl (C=O) groups is 2. The molecule has 7 heteroatoms. The first-order valence-corrected chi connectivity index (χ1v) is 9.53. The van der Waals surface area contributed by atoms with E-state index in [4.69, 9.17) is 8.92 Å². The molecule has 0 spiro atoms. The van der Waals surface area contributed by atoms with Crippen molar-refractivity contribution in [3.05, 3.63) is 12.2 Å². The summed E-state index contributed by atoms with van der Waals surface area (Å²) in [7, 11) is -3.81. The van der Waals surface area contributed by atoms with Crippen LogP contribution in [0.4, 0.5) is 0 Å². The van der Waals surface area contributed by atoms with Gasteiger partial charge in [0.15, 0.2) is 0 Å². The van der Waals surface area contributed by atoms with Crippen LogP contribution in [0.15, 0.2) is 12.2 Å². The Morgan fingerprint density at radius 3 is 2.00 bits per heavy atom. The Bertz CT molecular complexity index is 570. The molecule has 0 rings (SSSR count). The summed E-state index contributed by atoms with van der Waals surface area (Å²) < 4.78 is 34.0. The van der Waals surface area contributed by atoms with Crippen LogP contribution in [0.3, 0.4) is 0 Å². The first kappa shape index (κ1) is 22.8. The zero-order valence-electron chi connectivity index (χ0n) is 15.6. The third-order valence-corrected chi connectivity index (χ3v) is 4.67. The Labute approximate surface area is 145 Å². The second-order valence-corrected chi connectivity index (χ2v) is 9.09. The third kappa shape index (κ3) is 8.59. The molecule has 0 saturated heterocycles. The second kappa shape index (κ2) is 8.76. The molecular formula is C17H30O6S. The number of allylic oxidation sites excluding steroid dienone is 1. The van der Waals surface area contributed by atoms with Gasteiger partial charge in [-0.05, 0) is 60.8 Å². The van der Waals surface area contributed by atoms with Crippen LogP contribution in [0.25, 0.3) is 0 Å². The molecule has 0 aliphatic carbocycles. The summed E-state index contributed by atoms with van der Waals surface area (Å²) >= 11 is 0. The highest BCUT2D eigenvalue weighted by atomic mass is 32.2. The minimum atomic E-state index is -3.81. The third-order valence-electron chi connectivity index (χ3n) is 3.40. The van der Waals surface area contributed by atoms with Gasteiger partial charge in [0.25, 0.3) is 10.1 Å². The van der Waals surface area contributed by atoms with Gasteiger partial charge in [-0.2, -0.15) is 8.42 Å². The predicted molar refractivity (Wildman–Crippen MR) is 93.0 cm³/mol. The number of rotatable bonds is 10. The highest BCUT2D eigenvalue weighted by Crippen LogP contribution is 2.25. The molecule has 0 aliphatic rings. The molecule has 0 aliphatic heterocycles. The lowest BCUT2D eigenvalue weighted by atomic mass is 9.87. The number of carbonyl (C=O) groups excluding carboxylic acids is 2. The summed E-state index contributed by atoms with van der Waals surface area (Å²) in [6.45, 7) is 12.6. The smallest absolute Gasteiger partial charge is 0.322 e. The van der Waals surface area contributed by atoms with Gasteiger partial charge in [-0.1, -0.05) is 5.57 Å². The Morgan fingerprint density at radius 1 is 1.04 bits per heavy atom. The normalized spacial score (nSPS) is 14.8. The standard InChI is InChI=1S/C17H30O6S/c1-13(2)10-8-9-11-24(20,21)22-12-17(7,14(3)18)15(19)23-16(4,5)6/h1,8-12H2,2-7H3. The molecule has 24 heavy (non-hydrogen) atoms. The van der Waals surface area contributed by atoms with Crippen molar-refractivity contribution in [2.24, 2.45) is 5.41 Å². The van der Waals surface area contributed by atoms with E-state index in [1.807, 2.05) is 6.92 Å². The van der Waals surface area contributed by atoms with E-state index < -0.39 is 39.5 Å². The molecule has 0 N–H and O–H groups in total. The molecule has 0 aromatic rings. The Balaban J connectivity index is 4.81. The number of hydrogen-bond acceptors (Lipinski definition) is 6. The monoisotopic (exact) mass is 362 g/mol. The highest BCUT2D eigenvalue weighted by molar-refractivity contribution is 7.86. The van der Waals surface area contributed by atoms with Crippen molar-refractivity contribution in [2.75, 3.05) is 12.4 Å².